The summed E-state index contributed by atoms with van der Waals surface area (Å²) < 4.78 is 10.9. The number of nitriles is 1. The Balaban J connectivity index is 1.74. The van der Waals surface area contributed by atoms with Gasteiger partial charge in [0.2, 0.25) is 0 Å². The number of carbonyl (C=O) groups excluding carboxylic acids is 1. The molecule has 0 bridgehead atoms. The van der Waals surface area contributed by atoms with Crippen LogP contribution in [0, 0.1) is 17.2 Å². The molecule has 0 saturated carbocycles. The lowest BCUT2D eigenvalue weighted by atomic mass is 9.92. The molecule has 0 amide bonds. The quantitative estimate of drug-likeness (QED) is 0.294. The zero-order chi connectivity index (χ0) is 22.3. The summed E-state index contributed by atoms with van der Waals surface area (Å²) >= 11 is 0. The van der Waals surface area contributed by atoms with Crippen LogP contribution in [0.3, 0.4) is 0 Å². The number of ether oxygens (including phenoxy) is 2. The van der Waals surface area contributed by atoms with Gasteiger partial charge in [0, 0.05) is 32.3 Å². The number of allylic oxidation sites excluding steroid dienone is 4. The maximum absolute atomic E-state index is 11.3. The molecule has 2 aliphatic rings. The molecule has 0 aliphatic carbocycles. The predicted octanol–water partition coefficient (Wildman–Crippen LogP) is 3.31. The fourth-order valence-corrected chi connectivity index (χ4v) is 3.61. The van der Waals surface area contributed by atoms with Gasteiger partial charge in [-0.05, 0) is 37.5 Å². The van der Waals surface area contributed by atoms with Crippen molar-refractivity contribution in [1.82, 2.24) is 10.2 Å². The molecule has 0 fully saturated rings. The molecule has 2 unspecified atom stereocenters. The largest absolute Gasteiger partial charge is 0.458 e. The first kappa shape index (κ1) is 24.8. The van der Waals surface area contributed by atoms with Gasteiger partial charge in [0.1, 0.15) is 6.61 Å². The molecule has 0 aromatic rings. The van der Waals surface area contributed by atoms with Crippen LogP contribution in [-0.2, 0) is 14.3 Å². The highest BCUT2D eigenvalue weighted by Crippen LogP contribution is 2.23. The van der Waals surface area contributed by atoms with Crippen molar-refractivity contribution in [2.75, 3.05) is 45.9 Å². The van der Waals surface area contributed by atoms with Crippen LogP contribution in [0.4, 0.5) is 0 Å². The molecule has 0 aromatic carbocycles. The van der Waals surface area contributed by atoms with Crippen molar-refractivity contribution in [3.8, 4) is 6.07 Å². The number of rotatable bonds is 12. The molecule has 31 heavy (non-hydrogen) atoms. The van der Waals surface area contributed by atoms with Crippen molar-refractivity contribution < 1.29 is 14.3 Å². The van der Waals surface area contributed by atoms with Crippen LogP contribution >= 0.6 is 0 Å². The topological polar surface area (TPSA) is 74.6 Å². The van der Waals surface area contributed by atoms with Crippen molar-refractivity contribution in [1.29, 1.82) is 5.26 Å². The third-order valence-corrected chi connectivity index (χ3v) is 5.44. The first-order valence-electron chi connectivity index (χ1n) is 11.1. The van der Waals surface area contributed by atoms with Crippen molar-refractivity contribution in [3.63, 3.8) is 0 Å². The van der Waals surface area contributed by atoms with Gasteiger partial charge in [-0.15, -0.1) is 6.58 Å². The van der Waals surface area contributed by atoms with Gasteiger partial charge < -0.3 is 19.7 Å². The van der Waals surface area contributed by atoms with Crippen LogP contribution < -0.4 is 5.32 Å². The Labute approximate surface area is 186 Å². The molecule has 6 heteroatoms. The number of cyclic esters (lactones) is 1. The highest BCUT2D eigenvalue weighted by atomic mass is 16.5. The van der Waals surface area contributed by atoms with Crippen molar-refractivity contribution in [2.45, 2.75) is 32.3 Å². The monoisotopic (exact) mass is 425 g/mol. The van der Waals surface area contributed by atoms with Crippen LogP contribution in [0.5, 0.6) is 0 Å². The molecule has 2 atom stereocenters. The SMILES string of the molecule is C=CCC(C#N)C1=CC(CNCCN(CC)CCC2=C/C=C/C(=O)OC\C=C\2)OCC1. The second-order valence-corrected chi connectivity index (χ2v) is 7.63. The van der Waals surface area contributed by atoms with E-state index in [1.54, 1.807) is 6.08 Å². The number of likely N-dealkylation sites (N-methyl/N-ethyl adjacent to an activating group) is 1. The summed E-state index contributed by atoms with van der Waals surface area (Å²) in [5, 5.41) is 12.9. The summed E-state index contributed by atoms with van der Waals surface area (Å²) in [5.41, 5.74) is 2.36. The second kappa shape index (κ2) is 14.5. The van der Waals surface area contributed by atoms with Crippen LogP contribution in [0.15, 0.2) is 60.3 Å². The number of nitrogens with one attached hydrogen (secondary N) is 1. The molecule has 0 saturated heterocycles. The van der Waals surface area contributed by atoms with E-state index < -0.39 is 0 Å². The van der Waals surface area contributed by atoms with Crippen molar-refractivity contribution in [2.24, 2.45) is 5.92 Å². The van der Waals surface area contributed by atoms with E-state index in [0.29, 0.717) is 19.6 Å². The molecule has 2 heterocycles. The van der Waals surface area contributed by atoms with E-state index in [2.05, 4.69) is 35.9 Å². The molecular weight excluding hydrogens is 390 g/mol. The first-order valence-corrected chi connectivity index (χ1v) is 11.1. The molecule has 0 aromatic heterocycles. The van der Waals surface area contributed by atoms with Crippen LogP contribution in [0.25, 0.3) is 0 Å². The average molecular weight is 426 g/mol. The number of nitrogens with zero attached hydrogens (tertiary/aromatic N) is 2. The Bertz CT molecular complexity index is 746. The zero-order valence-corrected chi connectivity index (χ0v) is 18.6. The second-order valence-electron chi connectivity index (χ2n) is 7.63. The predicted molar refractivity (Wildman–Crippen MR) is 123 cm³/mol. The lowest BCUT2D eigenvalue weighted by Crippen LogP contribution is -2.37. The number of hydrogen-bond donors (Lipinski definition) is 1. The lowest BCUT2D eigenvalue weighted by Gasteiger charge is -2.25. The first-order chi connectivity index (χ1) is 15.2. The fourth-order valence-electron chi connectivity index (χ4n) is 3.61. The van der Waals surface area contributed by atoms with E-state index in [-0.39, 0.29) is 18.0 Å². The van der Waals surface area contributed by atoms with Gasteiger partial charge in [0.05, 0.1) is 24.7 Å². The maximum Gasteiger partial charge on any atom is 0.331 e. The minimum Gasteiger partial charge on any atom is -0.458 e. The minimum atomic E-state index is -0.309. The van der Waals surface area contributed by atoms with E-state index in [1.807, 2.05) is 24.3 Å². The number of esters is 1. The average Bonchev–Trinajstić information content (AvgIpc) is 2.89. The molecular formula is C25H35N3O3. The Morgan fingerprint density at radius 2 is 2.29 bits per heavy atom. The standard InChI is InChI=1S/C25H35N3O3/c1-3-7-23(19-26)22-12-17-30-24(18-22)20-27-13-15-28(4-2)14-11-21-8-5-10-25(29)31-16-6-9-21/h3,5-6,8-10,18,23-24,27H,1,4,7,11-17,20H2,2H3/b9-6+,10-5+,21-8+. The Kier molecular flexibility index (Phi) is 11.6. The molecule has 168 valence electrons. The maximum atomic E-state index is 11.3. The zero-order valence-electron chi connectivity index (χ0n) is 18.6. The Morgan fingerprint density at radius 3 is 3.06 bits per heavy atom. The summed E-state index contributed by atoms with van der Waals surface area (Å²) in [6.45, 7) is 11.4. The number of carbonyl (C=O) groups is 1. The minimum absolute atomic E-state index is 0.0189. The van der Waals surface area contributed by atoms with E-state index in [9.17, 15) is 10.1 Å². The summed E-state index contributed by atoms with van der Waals surface area (Å²) in [6, 6.07) is 2.38. The van der Waals surface area contributed by atoms with E-state index in [1.165, 1.54) is 17.2 Å². The van der Waals surface area contributed by atoms with Crippen LogP contribution in [-0.4, -0.2) is 62.9 Å². The van der Waals surface area contributed by atoms with Gasteiger partial charge in [-0.25, -0.2) is 4.79 Å². The molecule has 0 spiro atoms. The van der Waals surface area contributed by atoms with Crippen molar-refractivity contribution in [3.05, 3.63) is 60.3 Å². The van der Waals surface area contributed by atoms with Gasteiger partial charge in [-0.1, -0.05) is 42.9 Å². The molecule has 1 N–H and O–H groups in total. The molecule has 2 rings (SSSR count). The third-order valence-electron chi connectivity index (χ3n) is 5.44. The third kappa shape index (κ3) is 9.48. The molecule has 0 radical (unpaired) electrons. The molecule has 6 nitrogen and oxygen atoms in total. The van der Waals surface area contributed by atoms with Gasteiger partial charge >= 0.3 is 5.97 Å². The van der Waals surface area contributed by atoms with E-state index in [4.69, 9.17) is 9.47 Å². The fraction of sp³-hybridized carbons (Fsp3) is 0.520. The Morgan fingerprint density at radius 1 is 1.42 bits per heavy atom. The van der Waals surface area contributed by atoms with E-state index in [0.717, 1.165) is 45.6 Å². The van der Waals surface area contributed by atoms with Crippen molar-refractivity contribution >= 4 is 5.97 Å². The van der Waals surface area contributed by atoms with Crippen LogP contribution in [0.1, 0.15) is 26.2 Å². The highest BCUT2D eigenvalue weighted by molar-refractivity contribution is 5.82. The summed E-state index contributed by atoms with van der Waals surface area (Å²) in [6.07, 6.45) is 15.5. The van der Waals surface area contributed by atoms with Gasteiger partial charge in [-0.3, -0.25) is 0 Å². The van der Waals surface area contributed by atoms with E-state index >= 15 is 0 Å². The normalized spacial score (nSPS) is 23.8. The summed E-state index contributed by atoms with van der Waals surface area (Å²) in [4.78, 5) is 13.7. The molecule has 2 aliphatic heterocycles. The van der Waals surface area contributed by atoms with Gasteiger partial charge in [0.25, 0.3) is 0 Å². The van der Waals surface area contributed by atoms with Gasteiger partial charge in [0.15, 0.2) is 0 Å². The van der Waals surface area contributed by atoms with Gasteiger partial charge in [-0.2, -0.15) is 5.26 Å². The summed E-state index contributed by atoms with van der Waals surface area (Å²) in [7, 11) is 0. The Hall–Kier alpha value is -2.46. The smallest absolute Gasteiger partial charge is 0.331 e. The highest BCUT2D eigenvalue weighted by Gasteiger charge is 2.19. The summed E-state index contributed by atoms with van der Waals surface area (Å²) in [5.74, 6) is -0.392. The lowest BCUT2D eigenvalue weighted by molar-refractivity contribution is -0.136. The van der Waals surface area contributed by atoms with Crippen LogP contribution in [0.2, 0.25) is 0 Å². The number of hydrogen-bond acceptors (Lipinski definition) is 6.